The van der Waals surface area contributed by atoms with Gasteiger partial charge in [0, 0.05) is 12.0 Å². The van der Waals surface area contributed by atoms with Gasteiger partial charge in [-0.05, 0) is 49.9 Å². The lowest BCUT2D eigenvalue weighted by Crippen LogP contribution is -2.47. The Hall–Kier alpha value is -0.610. The zero-order chi connectivity index (χ0) is 16.5. The highest BCUT2D eigenvalue weighted by atomic mass is 16.6. The Labute approximate surface area is 140 Å². The van der Waals surface area contributed by atoms with E-state index in [1.54, 1.807) is 0 Å². The Morgan fingerprint density at radius 3 is 2.52 bits per heavy atom. The van der Waals surface area contributed by atoms with Crippen LogP contribution < -0.4 is 5.32 Å². The monoisotopic (exact) mass is 323 g/mol. The number of ether oxygens (including phenoxy) is 2. The molecule has 1 heterocycles. The quantitative estimate of drug-likeness (QED) is 0.744. The summed E-state index contributed by atoms with van der Waals surface area (Å²) in [6, 6.07) is 0. The maximum atomic E-state index is 12.2. The number of hydrogen-bond acceptors (Lipinski definition) is 3. The zero-order valence-corrected chi connectivity index (χ0v) is 15.0. The molecule has 2 aliphatic carbocycles. The third-order valence-corrected chi connectivity index (χ3v) is 6.58. The summed E-state index contributed by atoms with van der Waals surface area (Å²) in [6.07, 6.45) is 9.97. The topological polar surface area (TPSA) is 47.6 Å². The maximum absolute atomic E-state index is 12.2. The number of fused-ring (bicyclic) bond motifs is 2. The van der Waals surface area contributed by atoms with Gasteiger partial charge in [-0.2, -0.15) is 0 Å². The largest absolute Gasteiger partial charge is 0.372 e. The van der Waals surface area contributed by atoms with E-state index in [0.29, 0.717) is 24.0 Å². The van der Waals surface area contributed by atoms with Crippen molar-refractivity contribution < 1.29 is 14.3 Å². The van der Waals surface area contributed by atoms with Gasteiger partial charge in [0.15, 0.2) is 0 Å². The number of amides is 1. The second kappa shape index (κ2) is 6.72. The minimum absolute atomic E-state index is 0.0517. The van der Waals surface area contributed by atoms with E-state index in [2.05, 4.69) is 26.1 Å². The molecule has 0 spiro atoms. The molecule has 1 aliphatic heterocycles. The van der Waals surface area contributed by atoms with Gasteiger partial charge in [-0.3, -0.25) is 4.79 Å². The minimum Gasteiger partial charge on any atom is -0.372 e. The summed E-state index contributed by atoms with van der Waals surface area (Å²) in [6.45, 7) is 7.57. The molecule has 0 radical (unpaired) electrons. The molecule has 4 nitrogen and oxygen atoms in total. The first-order chi connectivity index (χ1) is 11.0. The fraction of sp³-hybridized carbons (Fsp3) is 0.947. The second-order valence-electron chi connectivity index (χ2n) is 8.44. The Balaban J connectivity index is 1.35. The molecule has 2 bridgehead atoms. The first kappa shape index (κ1) is 17.2. The molecule has 1 N–H and O–H groups in total. The van der Waals surface area contributed by atoms with Gasteiger partial charge in [-0.1, -0.05) is 27.2 Å². The summed E-state index contributed by atoms with van der Waals surface area (Å²) in [5.41, 5.74) is 0.534. The van der Waals surface area contributed by atoms with Crippen LogP contribution in [-0.2, 0) is 14.3 Å². The van der Waals surface area contributed by atoms with Gasteiger partial charge in [0.05, 0.1) is 18.8 Å². The van der Waals surface area contributed by atoms with Crippen molar-refractivity contribution >= 4 is 5.91 Å². The average Bonchev–Trinajstić information content (AvgIpc) is 3.01. The van der Waals surface area contributed by atoms with Gasteiger partial charge < -0.3 is 14.8 Å². The van der Waals surface area contributed by atoms with Crippen LogP contribution in [0.3, 0.4) is 0 Å². The lowest BCUT2D eigenvalue weighted by Gasteiger charge is -2.35. The number of hydrogen-bond donors (Lipinski definition) is 1. The molecule has 2 saturated carbocycles. The van der Waals surface area contributed by atoms with Crippen molar-refractivity contribution in [2.75, 3.05) is 13.2 Å². The zero-order valence-electron chi connectivity index (χ0n) is 15.0. The van der Waals surface area contributed by atoms with Crippen LogP contribution in [-0.4, -0.2) is 36.9 Å². The van der Waals surface area contributed by atoms with Gasteiger partial charge in [-0.25, -0.2) is 0 Å². The van der Waals surface area contributed by atoms with Crippen LogP contribution >= 0.6 is 0 Å². The molecule has 1 amide bonds. The van der Waals surface area contributed by atoms with E-state index in [-0.39, 0.29) is 24.2 Å². The van der Waals surface area contributed by atoms with Gasteiger partial charge >= 0.3 is 0 Å². The van der Waals surface area contributed by atoms with Crippen molar-refractivity contribution in [3.05, 3.63) is 0 Å². The number of carbonyl (C=O) groups is 1. The summed E-state index contributed by atoms with van der Waals surface area (Å²) >= 11 is 0. The van der Waals surface area contributed by atoms with Crippen molar-refractivity contribution in [1.29, 1.82) is 0 Å². The molecular formula is C19H33NO3. The summed E-state index contributed by atoms with van der Waals surface area (Å²) in [5.74, 6) is 0.766. The number of nitrogens with one attached hydrogen (secondary N) is 1. The first-order valence-corrected chi connectivity index (χ1v) is 9.51. The molecular weight excluding hydrogens is 290 g/mol. The van der Waals surface area contributed by atoms with Crippen LogP contribution in [0.5, 0.6) is 0 Å². The molecule has 0 aromatic heterocycles. The van der Waals surface area contributed by atoms with E-state index in [1.165, 1.54) is 19.3 Å². The number of rotatable bonds is 8. The lowest BCUT2D eigenvalue weighted by molar-refractivity contribution is -0.158. The van der Waals surface area contributed by atoms with Crippen LogP contribution in [0.2, 0.25) is 0 Å². The number of carbonyl (C=O) groups excluding carboxylic acids is 1. The SMILES string of the molecule is CCCC1CC(COCC(=O)NC23CCC(C(C)C)(CC2)C3)O1. The fourth-order valence-corrected chi connectivity index (χ4v) is 4.99. The third kappa shape index (κ3) is 3.58. The molecule has 0 aromatic carbocycles. The molecule has 3 fully saturated rings. The highest BCUT2D eigenvalue weighted by Crippen LogP contribution is 2.59. The molecule has 3 aliphatic rings. The molecule has 23 heavy (non-hydrogen) atoms. The van der Waals surface area contributed by atoms with E-state index in [9.17, 15) is 4.79 Å². The molecule has 0 aromatic rings. The summed E-state index contributed by atoms with van der Waals surface area (Å²) in [5, 5.41) is 3.30. The molecule has 132 valence electrons. The second-order valence-corrected chi connectivity index (χ2v) is 8.44. The first-order valence-electron chi connectivity index (χ1n) is 9.51. The molecule has 2 atom stereocenters. The van der Waals surface area contributed by atoms with Crippen LogP contribution in [0.25, 0.3) is 0 Å². The van der Waals surface area contributed by atoms with Crippen LogP contribution in [0.4, 0.5) is 0 Å². The standard InChI is InChI=1S/C19H33NO3/c1-4-5-15-10-16(23-15)11-22-12-17(21)20-19-8-6-18(13-19,7-9-19)14(2)3/h14-16H,4-13H2,1-3H3,(H,20,21). The van der Waals surface area contributed by atoms with E-state index < -0.39 is 0 Å². The maximum Gasteiger partial charge on any atom is 0.246 e. The molecule has 1 saturated heterocycles. The van der Waals surface area contributed by atoms with Crippen molar-refractivity contribution in [2.24, 2.45) is 11.3 Å². The summed E-state index contributed by atoms with van der Waals surface area (Å²) < 4.78 is 11.3. The van der Waals surface area contributed by atoms with Gasteiger partial charge in [0.1, 0.15) is 6.61 Å². The minimum atomic E-state index is 0.0517. The van der Waals surface area contributed by atoms with Crippen molar-refractivity contribution in [1.82, 2.24) is 5.32 Å². The van der Waals surface area contributed by atoms with Crippen LogP contribution in [0.15, 0.2) is 0 Å². The van der Waals surface area contributed by atoms with Crippen molar-refractivity contribution in [3.63, 3.8) is 0 Å². The summed E-state index contributed by atoms with van der Waals surface area (Å²) in [4.78, 5) is 12.2. The Morgan fingerprint density at radius 2 is 1.96 bits per heavy atom. The van der Waals surface area contributed by atoms with E-state index >= 15 is 0 Å². The normalized spacial score (nSPS) is 38.8. The average molecular weight is 323 g/mol. The van der Waals surface area contributed by atoms with Gasteiger partial charge in [0.25, 0.3) is 0 Å². The lowest BCUT2D eigenvalue weighted by atomic mass is 9.75. The Morgan fingerprint density at radius 1 is 1.26 bits per heavy atom. The Bertz CT molecular complexity index is 420. The van der Waals surface area contributed by atoms with E-state index in [1.807, 2.05) is 0 Å². The van der Waals surface area contributed by atoms with E-state index in [4.69, 9.17) is 9.47 Å². The summed E-state index contributed by atoms with van der Waals surface area (Å²) in [7, 11) is 0. The van der Waals surface area contributed by atoms with Gasteiger partial charge in [0.2, 0.25) is 5.91 Å². The Kier molecular flexibility index (Phi) is 5.03. The van der Waals surface area contributed by atoms with Crippen molar-refractivity contribution in [2.45, 2.75) is 89.9 Å². The fourth-order valence-electron chi connectivity index (χ4n) is 4.99. The molecule has 2 unspecified atom stereocenters. The highest BCUT2D eigenvalue weighted by molar-refractivity contribution is 5.78. The van der Waals surface area contributed by atoms with Crippen molar-refractivity contribution in [3.8, 4) is 0 Å². The predicted octanol–water partition coefficient (Wildman–Crippen LogP) is 3.44. The highest BCUT2D eigenvalue weighted by Gasteiger charge is 2.55. The molecule has 3 rings (SSSR count). The predicted molar refractivity (Wildman–Crippen MR) is 90.2 cm³/mol. The molecule has 4 heteroatoms. The smallest absolute Gasteiger partial charge is 0.246 e. The van der Waals surface area contributed by atoms with Gasteiger partial charge in [-0.15, -0.1) is 0 Å². The van der Waals surface area contributed by atoms with Crippen LogP contribution in [0, 0.1) is 11.3 Å². The van der Waals surface area contributed by atoms with Crippen LogP contribution in [0.1, 0.15) is 72.1 Å². The van der Waals surface area contributed by atoms with E-state index in [0.717, 1.165) is 32.1 Å². The third-order valence-electron chi connectivity index (χ3n) is 6.58.